The summed E-state index contributed by atoms with van der Waals surface area (Å²) in [5.74, 6) is -1.74. The van der Waals surface area contributed by atoms with Crippen LogP contribution in [0.25, 0.3) is 0 Å². The lowest BCUT2D eigenvalue weighted by Crippen LogP contribution is -2.37. The normalized spacial score (nSPS) is 10.5. The first-order valence-electron chi connectivity index (χ1n) is 7.73. The van der Waals surface area contributed by atoms with Crippen LogP contribution in [0.4, 0.5) is 0 Å². The van der Waals surface area contributed by atoms with Crippen LogP contribution in [0, 0.1) is 0 Å². The smallest absolute Gasteiger partial charge is 0.323 e. The summed E-state index contributed by atoms with van der Waals surface area (Å²) in [6.45, 7) is 0.0161. The van der Waals surface area contributed by atoms with Crippen molar-refractivity contribution in [3.63, 3.8) is 0 Å². The topological polar surface area (TPSA) is 102 Å². The van der Waals surface area contributed by atoms with E-state index >= 15 is 0 Å². The second kappa shape index (κ2) is 9.12. The highest BCUT2D eigenvalue weighted by Crippen LogP contribution is 2.13. The number of aliphatic carboxylic acids is 1. The third-order valence-electron chi connectivity index (χ3n) is 3.49. The fourth-order valence-corrected chi connectivity index (χ4v) is 2.36. The van der Waals surface area contributed by atoms with E-state index in [4.69, 9.17) is 21.4 Å². The van der Waals surface area contributed by atoms with Crippen LogP contribution in [0.3, 0.4) is 0 Å². The molecule has 1 amide bonds. The quantitative estimate of drug-likeness (QED) is 0.741. The zero-order valence-electron chi connectivity index (χ0n) is 14.1. The molecule has 26 heavy (non-hydrogen) atoms. The second-order valence-electron chi connectivity index (χ2n) is 5.45. The molecule has 1 heterocycles. The van der Waals surface area contributed by atoms with Gasteiger partial charge in [0.05, 0.1) is 13.2 Å². The number of halogens is 1. The number of ether oxygens (including phenoxy) is 1. The summed E-state index contributed by atoms with van der Waals surface area (Å²) >= 11 is 5.84. The van der Waals surface area contributed by atoms with E-state index in [1.165, 1.54) is 19.2 Å². The standard InChI is InChI=1S/C17H18ClN3O5/c1-26-9-8-21-15(22)7-6-14(19-21)17(25)20(11-16(23)24)10-12-2-4-13(18)5-3-12/h2-7H,8-11H2,1H3,(H,23,24). The van der Waals surface area contributed by atoms with Gasteiger partial charge in [-0.25, -0.2) is 4.68 Å². The molecule has 2 aromatic rings. The number of amides is 1. The molecule has 0 unspecified atom stereocenters. The summed E-state index contributed by atoms with van der Waals surface area (Å²) in [5.41, 5.74) is 0.328. The van der Waals surface area contributed by atoms with Crippen molar-refractivity contribution in [2.45, 2.75) is 13.1 Å². The van der Waals surface area contributed by atoms with Gasteiger partial charge in [0.1, 0.15) is 12.2 Å². The minimum atomic E-state index is -1.15. The first-order valence-corrected chi connectivity index (χ1v) is 8.11. The maximum atomic E-state index is 12.7. The summed E-state index contributed by atoms with van der Waals surface area (Å²) in [4.78, 5) is 36.8. The van der Waals surface area contributed by atoms with Gasteiger partial charge in [-0.15, -0.1) is 0 Å². The number of benzene rings is 1. The lowest BCUT2D eigenvalue weighted by molar-refractivity contribution is -0.137. The first-order chi connectivity index (χ1) is 12.4. The molecule has 0 spiro atoms. The van der Waals surface area contributed by atoms with E-state index in [1.54, 1.807) is 24.3 Å². The Balaban J connectivity index is 2.26. The third-order valence-corrected chi connectivity index (χ3v) is 3.74. The SMILES string of the molecule is COCCn1nc(C(=O)N(CC(=O)O)Cc2ccc(Cl)cc2)ccc1=O. The van der Waals surface area contributed by atoms with Crippen molar-refractivity contribution in [2.75, 3.05) is 20.3 Å². The fraction of sp³-hybridized carbons (Fsp3) is 0.294. The van der Waals surface area contributed by atoms with Crippen LogP contribution in [0.2, 0.25) is 5.02 Å². The fourth-order valence-electron chi connectivity index (χ4n) is 2.24. The number of hydrogen-bond donors (Lipinski definition) is 1. The molecule has 9 heteroatoms. The molecule has 0 saturated heterocycles. The summed E-state index contributed by atoms with van der Waals surface area (Å²) in [6.07, 6.45) is 0. The average Bonchev–Trinajstić information content (AvgIpc) is 2.61. The van der Waals surface area contributed by atoms with E-state index < -0.39 is 18.4 Å². The van der Waals surface area contributed by atoms with E-state index in [9.17, 15) is 14.4 Å². The molecule has 0 bridgehead atoms. The van der Waals surface area contributed by atoms with Crippen LogP contribution in [-0.2, 0) is 22.6 Å². The molecule has 138 valence electrons. The Bertz CT molecular complexity index is 835. The molecule has 1 N–H and O–H groups in total. The Morgan fingerprint density at radius 3 is 2.54 bits per heavy atom. The van der Waals surface area contributed by atoms with Crippen molar-refractivity contribution in [3.8, 4) is 0 Å². The maximum Gasteiger partial charge on any atom is 0.323 e. The minimum absolute atomic E-state index is 0.0177. The molecular formula is C17H18ClN3O5. The zero-order chi connectivity index (χ0) is 19.1. The summed E-state index contributed by atoms with van der Waals surface area (Å²) < 4.78 is 6.02. The number of carboxylic acid groups (broad SMARTS) is 1. The average molecular weight is 380 g/mol. The van der Waals surface area contributed by atoms with Gasteiger partial charge < -0.3 is 14.7 Å². The highest BCUT2D eigenvalue weighted by Gasteiger charge is 2.21. The lowest BCUT2D eigenvalue weighted by Gasteiger charge is -2.20. The van der Waals surface area contributed by atoms with E-state index in [-0.39, 0.29) is 30.9 Å². The number of carbonyl (C=O) groups is 2. The number of carbonyl (C=O) groups excluding carboxylic acids is 1. The van der Waals surface area contributed by atoms with Gasteiger partial charge >= 0.3 is 5.97 Å². The van der Waals surface area contributed by atoms with Crippen LogP contribution in [0.5, 0.6) is 0 Å². The van der Waals surface area contributed by atoms with Crippen LogP contribution in [0.15, 0.2) is 41.2 Å². The van der Waals surface area contributed by atoms with Crippen molar-refractivity contribution >= 4 is 23.5 Å². The predicted octanol–water partition coefficient (Wildman–Crippen LogP) is 1.27. The van der Waals surface area contributed by atoms with Crippen molar-refractivity contribution < 1.29 is 19.4 Å². The molecular weight excluding hydrogens is 362 g/mol. The Kier molecular flexibility index (Phi) is 6.88. The van der Waals surface area contributed by atoms with E-state index in [0.29, 0.717) is 5.02 Å². The van der Waals surface area contributed by atoms with Crippen LogP contribution >= 0.6 is 11.6 Å². The molecule has 0 aliphatic carbocycles. The first kappa shape index (κ1) is 19.6. The largest absolute Gasteiger partial charge is 0.480 e. The Morgan fingerprint density at radius 1 is 1.23 bits per heavy atom. The molecule has 1 aromatic carbocycles. The highest BCUT2D eigenvalue weighted by molar-refractivity contribution is 6.30. The summed E-state index contributed by atoms with van der Waals surface area (Å²) in [7, 11) is 1.49. The Morgan fingerprint density at radius 2 is 1.92 bits per heavy atom. The Labute approximate surface area is 154 Å². The number of nitrogens with zero attached hydrogens (tertiary/aromatic N) is 3. The number of hydrogen-bond acceptors (Lipinski definition) is 5. The van der Waals surface area contributed by atoms with Crippen molar-refractivity contribution in [3.05, 3.63) is 63.0 Å². The van der Waals surface area contributed by atoms with Crippen LogP contribution in [0.1, 0.15) is 16.1 Å². The predicted molar refractivity (Wildman–Crippen MR) is 94.2 cm³/mol. The third kappa shape index (κ3) is 5.40. The number of rotatable bonds is 8. The van der Waals surface area contributed by atoms with Gasteiger partial charge in [0.25, 0.3) is 11.5 Å². The molecule has 0 aliphatic heterocycles. The van der Waals surface area contributed by atoms with Crippen LogP contribution in [-0.4, -0.2) is 51.9 Å². The maximum absolute atomic E-state index is 12.7. The van der Waals surface area contributed by atoms with Gasteiger partial charge in [0, 0.05) is 24.7 Å². The summed E-state index contributed by atoms with van der Waals surface area (Å²) in [5, 5.41) is 13.7. The molecule has 0 radical (unpaired) electrons. The molecule has 0 saturated carbocycles. The molecule has 0 atom stereocenters. The number of methoxy groups -OCH3 is 1. The van der Waals surface area contributed by atoms with Crippen molar-refractivity contribution in [1.82, 2.24) is 14.7 Å². The minimum Gasteiger partial charge on any atom is -0.480 e. The van der Waals surface area contributed by atoms with E-state index in [1.807, 2.05) is 0 Å². The van der Waals surface area contributed by atoms with Gasteiger partial charge in [0.2, 0.25) is 0 Å². The second-order valence-corrected chi connectivity index (χ2v) is 5.89. The van der Waals surface area contributed by atoms with Gasteiger partial charge in [0.15, 0.2) is 0 Å². The molecule has 0 aliphatic rings. The van der Waals surface area contributed by atoms with E-state index in [2.05, 4.69) is 5.10 Å². The lowest BCUT2D eigenvalue weighted by atomic mass is 10.2. The van der Waals surface area contributed by atoms with Crippen molar-refractivity contribution in [1.29, 1.82) is 0 Å². The number of aromatic nitrogens is 2. The summed E-state index contributed by atoms with van der Waals surface area (Å²) in [6, 6.07) is 9.23. The Hall–Kier alpha value is -2.71. The van der Waals surface area contributed by atoms with Gasteiger partial charge in [-0.3, -0.25) is 14.4 Å². The number of carboxylic acids is 1. The molecule has 1 aromatic heterocycles. The van der Waals surface area contributed by atoms with Gasteiger partial charge in [-0.05, 0) is 23.8 Å². The van der Waals surface area contributed by atoms with Crippen molar-refractivity contribution in [2.24, 2.45) is 0 Å². The van der Waals surface area contributed by atoms with Gasteiger partial charge in [-0.2, -0.15) is 5.10 Å². The van der Waals surface area contributed by atoms with E-state index in [0.717, 1.165) is 15.1 Å². The van der Waals surface area contributed by atoms with Gasteiger partial charge in [-0.1, -0.05) is 23.7 Å². The monoisotopic (exact) mass is 379 g/mol. The van der Waals surface area contributed by atoms with Crippen LogP contribution < -0.4 is 5.56 Å². The molecule has 8 nitrogen and oxygen atoms in total. The molecule has 0 fully saturated rings. The highest BCUT2D eigenvalue weighted by atomic mass is 35.5. The zero-order valence-corrected chi connectivity index (χ0v) is 14.8. The molecule has 2 rings (SSSR count).